The van der Waals surface area contributed by atoms with Crippen molar-refractivity contribution in [1.29, 1.82) is 0 Å². The van der Waals surface area contributed by atoms with Crippen LogP contribution in [0.15, 0.2) is 66.7 Å². The van der Waals surface area contributed by atoms with Crippen LogP contribution in [0, 0.1) is 0 Å². The lowest BCUT2D eigenvalue weighted by molar-refractivity contribution is 0.468. The summed E-state index contributed by atoms with van der Waals surface area (Å²) in [5.74, 6) is 0.380. The first-order chi connectivity index (χ1) is 8.75. The number of rotatable bonds is 5. The van der Waals surface area contributed by atoms with Crippen LogP contribution in [0.3, 0.4) is 0 Å². The first-order valence-corrected chi connectivity index (χ1v) is 6.23. The number of allylic oxidation sites excluding steroid dienone is 1. The van der Waals surface area contributed by atoms with Crippen LogP contribution in [-0.2, 0) is 12.8 Å². The van der Waals surface area contributed by atoms with Gasteiger partial charge in [0.25, 0.3) is 0 Å². The first-order valence-electron chi connectivity index (χ1n) is 6.23. The lowest BCUT2D eigenvalue weighted by Crippen LogP contribution is -1.93. The van der Waals surface area contributed by atoms with Crippen LogP contribution in [0.25, 0.3) is 0 Å². The van der Waals surface area contributed by atoms with Crippen LogP contribution in [0.5, 0.6) is 5.75 Å². The summed E-state index contributed by atoms with van der Waals surface area (Å²) in [6.45, 7) is 4.11. The molecular formula is C17H18O. The Morgan fingerprint density at radius 1 is 0.944 bits per heavy atom. The molecule has 0 unspecified atom stereocenters. The number of phenolic OH excluding ortho intramolecular Hbond substituents is 1. The number of hydrogen-bond donors (Lipinski definition) is 1. The fraction of sp³-hybridized carbons (Fsp3) is 0.176. The van der Waals surface area contributed by atoms with Gasteiger partial charge in [-0.1, -0.05) is 60.7 Å². The van der Waals surface area contributed by atoms with Gasteiger partial charge in [0.1, 0.15) is 5.75 Å². The van der Waals surface area contributed by atoms with E-state index in [4.69, 9.17) is 0 Å². The second-order valence-corrected chi connectivity index (χ2v) is 4.54. The molecule has 2 aromatic carbocycles. The van der Waals surface area contributed by atoms with Gasteiger partial charge in [-0.25, -0.2) is 0 Å². The summed E-state index contributed by atoms with van der Waals surface area (Å²) in [5, 5.41) is 9.68. The highest BCUT2D eigenvalue weighted by Gasteiger charge is 2.02. The average Bonchev–Trinajstić information content (AvgIpc) is 2.39. The van der Waals surface area contributed by atoms with Gasteiger partial charge in [0.05, 0.1) is 0 Å². The molecule has 0 amide bonds. The minimum atomic E-state index is 0.380. The predicted octanol–water partition coefficient (Wildman–Crippen LogP) is 4.12. The third-order valence-electron chi connectivity index (χ3n) is 3.04. The molecule has 0 spiro atoms. The zero-order valence-corrected chi connectivity index (χ0v) is 10.5. The Morgan fingerprint density at radius 2 is 1.61 bits per heavy atom. The maximum absolute atomic E-state index is 9.68. The van der Waals surface area contributed by atoms with Gasteiger partial charge in [-0.15, -0.1) is 0 Å². The molecule has 0 aliphatic carbocycles. The second kappa shape index (κ2) is 6.06. The van der Waals surface area contributed by atoms with E-state index in [1.807, 2.05) is 36.4 Å². The molecule has 1 nitrogen and oxygen atoms in total. The molecule has 0 saturated heterocycles. The number of aromatic hydroxyl groups is 1. The normalized spacial score (nSPS) is 10.2. The van der Waals surface area contributed by atoms with Crippen molar-refractivity contribution in [2.45, 2.75) is 19.3 Å². The molecule has 0 aliphatic rings. The van der Waals surface area contributed by atoms with Crippen LogP contribution in [0.2, 0.25) is 0 Å². The molecule has 0 aliphatic heterocycles. The molecule has 2 aromatic rings. The summed E-state index contributed by atoms with van der Waals surface area (Å²) in [6.07, 6.45) is 2.67. The molecule has 0 fully saturated rings. The minimum absolute atomic E-state index is 0.380. The van der Waals surface area contributed by atoms with Crippen molar-refractivity contribution in [3.05, 3.63) is 77.9 Å². The van der Waals surface area contributed by atoms with Crippen molar-refractivity contribution in [2.24, 2.45) is 0 Å². The molecule has 0 radical (unpaired) electrons. The Balaban J connectivity index is 1.88. The van der Waals surface area contributed by atoms with Gasteiger partial charge in [-0.3, -0.25) is 0 Å². The SMILES string of the molecule is C=C(CCc1ccccc1O)Cc1ccccc1. The first kappa shape index (κ1) is 12.4. The molecule has 0 heterocycles. The lowest BCUT2D eigenvalue weighted by atomic mass is 9.99. The van der Waals surface area contributed by atoms with Crippen molar-refractivity contribution in [1.82, 2.24) is 0 Å². The predicted molar refractivity (Wildman–Crippen MR) is 75.7 cm³/mol. The van der Waals surface area contributed by atoms with Gasteiger partial charge in [0, 0.05) is 0 Å². The summed E-state index contributed by atoms with van der Waals surface area (Å²) in [4.78, 5) is 0. The van der Waals surface area contributed by atoms with Crippen molar-refractivity contribution in [3.63, 3.8) is 0 Å². The number of hydrogen-bond acceptors (Lipinski definition) is 1. The van der Waals surface area contributed by atoms with Crippen molar-refractivity contribution < 1.29 is 5.11 Å². The monoisotopic (exact) mass is 238 g/mol. The molecule has 2 rings (SSSR count). The highest BCUT2D eigenvalue weighted by Crippen LogP contribution is 2.20. The van der Waals surface area contributed by atoms with E-state index in [1.54, 1.807) is 6.07 Å². The Bertz CT molecular complexity index is 514. The maximum Gasteiger partial charge on any atom is 0.118 e. The molecule has 1 N–H and O–H groups in total. The Morgan fingerprint density at radius 3 is 2.33 bits per heavy atom. The van der Waals surface area contributed by atoms with E-state index in [1.165, 1.54) is 11.1 Å². The highest BCUT2D eigenvalue weighted by atomic mass is 16.3. The maximum atomic E-state index is 9.68. The third kappa shape index (κ3) is 3.49. The summed E-state index contributed by atoms with van der Waals surface area (Å²) < 4.78 is 0. The average molecular weight is 238 g/mol. The van der Waals surface area contributed by atoms with Gasteiger partial charge in [-0.05, 0) is 36.5 Å². The smallest absolute Gasteiger partial charge is 0.118 e. The van der Waals surface area contributed by atoms with Crippen LogP contribution >= 0.6 is 0 Å². The van der Waals surface area contributed by atoms with E-state index in [0.717, 1.165) is 24.8 Å². The second-order valence-electron chi connectivity index (χ2n) is 4.54. The molecule has 18 heavy (non-hydrogen) atoms. The molecule has 1 heteroatoms. The van der Waals surface area contributed by atoms with E-state index in [0.29, 0.717) is 5.75 Å². The zero-order chi connectivity index (χ0) is 12.8. The summed E-state index contributed by atoms with van der Waals surface area (Å²) in [5.41, 5.74) is 3.48. The molecule has 92 valence electrons. The Hall–Kier alpha value is -2.02. The van der Waals surface area contributed by atoms with E-state index >= 15 is 0 Å². The fourth-order valence-corrected chi connectivity index (χ4v) is 2.01. The van der Waals surface area contributed by atoms with Crippen molar-refractivity contribution in [3.8, 4) is 5.75 Å². The number of benzene rings is 2. The van der Waals surface area contributed by atoms with E-state index < -0.39 is 0 Å². The van der Waals surface area contributed by atoms with Crippen LogP contribution in [0.4, 0.5) is 0 Å². The van der Waals surface area contributed by atoms with Gasteiger partial charge in [-0.2, -0.15) is 0 Å². The molecule has 0 bridgehead atoms. The number of phenols is 1. The standard InChI is InChI=1S/C17H18O/c1-14(13-15-7-3-2-4-8-15)11-12-16-9-5-6-10-17(16)18/h2-10,18H,1,11-13H2. The summed E-state index contributed by atoms with van der Waals surface area (Å²) >= 11 is 0. The van der Waals surface area contributed by atoms with Crippen molar-refractivity contribution >= 4 is 0 Å². The van der Waals surface area contributed by atoms with Gasteiger partial charge in [0.15, 0.2) is 0 Å². The Labute approximate surface area is 108 Å². The molecule has 0 saturated carbocycles. The fourth-order valence-electron chi connectivity index (χ4n) is 2.01. The van der Waals surface area contributed by atoms with Crippen LogP contribution in [0.1, 0.15) is 17.5 Å². The van der Waals surface area contributed by atoms with Crippen LogP contribution in [-0.4, -0.2) is 5.11 Å². The van der Waals surface area contributed by atoms with E-state index in [-0.39, 0.29) is 0 Å². The largest absolute Gasteiger partial charge is 0.508 e. The van der Waals surface area contributed by atoms with Gasteiger partial charge < -0.3 is 5.11 Å². The molecular weight excluding hydrogens is 220 g/mol. The molecule has 0 atom stereocenters. The number of para-hydroxylation sites is 1. The summed E-state index contributed by atoms with van der Waals surface area (Å²) in [7, 11) is 0. The third-order valence-corrected chi connectivity index (χ3v) is 3.04. The minimum Gasteiger partial charge on any atom is -0.508 e. The van der Waals surface area contributed by atoms with E-state index in [9.17, 15) is 5.11 Å². The van der Waals surface area contributed by atoms with Crippen molar-refractivity contribution in [2.75, 3.05) is 0 Å². The quantitative estimate of drug-likeness (QED) is 0.777. The lowest BCUT2D eigenvalue weighted by Gasteiger charge is -2.07. The van der Waals surface area contributed by atoms with Crippen LogP contribution < -0.4 is 0 Å². The van der Waals surface area contributed by atoms with E-state index in [2.05, 4.69) is 18.7 Å². The zero-order valence-electron chi connectivity index (χ0n) is 10.5. The molecule has 0 aromatic heterocycles. The number of aryl methyl sites for hydroxylation is 1. The topological polar surface area (TPSA) is 20.2 Å². The van der Waals surface area contributed by atoms with Gasteiger partial charge >= 0.3 is 0 Å². The Kier molecular flexibility index (Phi) is 4.19. The summed E-state index contributed by atoms with van der Waals surface area (Å²) in [6, 6.07) is 17.8. The van der Waals surface area contributed by atoms with Gasteiger partial charge in [0.2, 0.25) is 0 Å². The highest BCUT2D eigenvalue weighted by molar-refractivity contribution is 5.32.